The summed E-state index contributed by atoms with van der Waals surface area (Å²) in [4.78, 5) is 38.5. The van der Waals surface area contributed by atoms with E-state index in [1.54, 1.807) is 34.1 Å². The molecule has 7 heteroatoms. The number of para-hydroxylation sites is 1. The fraction of sp³-hybridized carbons (Fsp3) is 0.400. The van der Waals surface area contributed by atoms with Gasteiger partial charge in [-0.3, -0.25) is 4.79 Å². The highest BCUT2D eigenvalue weighted by Crippen LogP contribution is 2.17. The largest absolute Gasteiger partial charge is 0.465 e. The van der Waals surface area contributed by atoms with E-state index >= 15 is 0 Å². The van der Waals surface area contributed by atoms with Gasteiger partial charge >= 0.3 is 12.0 Å². The summed E-state index contributed by atoms with van der Waals surface area (Å²) in [6.45, 7) is 3.47. The lowest BCUT2D eigenvalue weighted by molar-refractivity contribution is -0.130. The molecule has 2 rings (SSSR count). The number of nitrogens with one attached hydrogen (secondary N) is 1. The molecular formula is C15H19N3O4. The van der Waals surface area contributed by atoms with Crippen molar-refractivity contribution in [3.05, 3.63) is 29.8 Å². The fourth-order valence-electron chi connectivity index (χ4n) is 2.30. The van der Waals surface area contributed by atoms with Crippen molar-refractivity contribution in [1.29, 1.82) is 0 Å². The Morgan fingerprint density at radius 1 is 1.05 bits per heavy atom. The van der Waals surface area contributed by atoms with Crippen LogP contribution in [0.2, 0.25) is 0 Å². The van der Waals surface area contributed by atoms with Gasteiger partial charge in [-0.25, -0.2) is 9.59 Å². The molecule has 1 aromatic rings. The summed E-state index contributed by atoms with van der Waals surface area (Å²) in [5.41, 5.74) is 0.717. The average Bonchev–Trinajstić information content (AvgIpc) is 2.54. The van der Waals surface area contributed by atoms with E-state index in [2.05, 4.69) is 5.32 Å². The second-order valence-electron chi connectivity index (χ2n) is 4.96. The van der Waals surface area contributed by atoms with Crippen LogP contribution in [0.5, 0.6) is 0 Å². The molecule has 0 bridgehead atoms. The average molecular weight is 305 g/mol. The van der Waals surface area contributed by atoms with Crippen molar-refractivity contribution in [2.45, 2.75) is 6.92 Å². The lowest BCUT2D eigenvalue weighted by Gasteiger charge is -2.34. The highest BCUT2D eigenvalue weighted by atomic mass is 16.5. The molecule has 1 saturated heterocycles. The molecule has 0 spiro atoms. The molecule has 0 unspecified atom stereocenters. The highest BCUT2D eigenvalue weighted by molar-refractivity contribution is 6.00. The molecule has 0 radical (unpaired) electrons. The molecule has 1 aliphatic rings. The van der Waals surface area contributed by atoms with Crippen LogP contribution in [0.1, 0.15) is 17.3 Å². The number of piperazine rings is 1. The molecule has 118 valence electrons. The van der Waals surface area contributed by atoms with Crippen LogP contribution < -0.4 is 5.32 Å². The number of hydrogen-bond acceptors (Lipinski definition) is 4. The van der Waals surface area contributed by atoms with Gasteiger partial charge in [-0.2, -0.15) is 0 Å². The van der Waals surface area contributed by atoms with E-state index in [9.17, 15) is 14.4 Å². The first-order chi connectivity index (χ1) is 10.5. The van der Waals surface area contributed by atoms with Gasteiger partial charge in [0.05, 0.1) is 18.4 Å². The van der Waals surface area contributed by atoms with Crippen LogP contribution in [-0.4, -0.2) is 61.0 Å². The number of ether oxygens (including phenoxy) is 1. The van der Waals surface area contributed by atoms with Gasteiger partial charge in [0.25, 0.3) is 0 Å². The number of anilines is 1. The lowest BCUT2D eigenvalue weighted by Crippen LogP contribution is -2.51. The summed E-state index contributed by atoms with van der Waals surface area (Å²) in [6, 6.07) is 6.38. The number of carbonyl (C=O) groups is 3. The number of methoxy groups -OCH3 is 1. The van der Waals surface area contributed by atoms with Crippen molar-refractivity contribution >= 4 is 23.6 Å². The van der Waals surface area contributed by atoms with Crippen LogP contribution in [0.3, 0.4) is 0 Å². The molecule has 1 N–H and O–H groups in total. The number of carbonyl (C=O) groups excluding carboxylic acids is 3. The Kier molecular flexibility index (Phi) is 4.98. The molecule has 1 fully saturated rings. The number of urea groups is 1. The van der Waals surface area contributed by atoms with Crippen molar-refractivity contribution in [2.24, 2.45) is 0 Å². The Morgan fingerprint density at radius 2 is 1.64 bits per heavy atom. The first kappa shape index (κ1) is 15.8. The van der Waals surface area contributed by atoms with Gasteiger partial charge < -0.3 is 19.9 Å². The highest BCUT2D eigenvalue weighted by Gasteiger charge is 2.23. The van der Waals surface area contributed by atoms with E-state index in [-0.39, 0.29) is 11.9 Å². The third-order valence-electron chi connectivity index (χ3n) is 3.59. The van der Waals surface area contributed by atoms with Gasteiger partial charge in [-0.1, -0.05) is 12.1 Å². The summed E-state index contributed by atoms with van der Waals surface area (Å²) in [6.07, 6.45) is 0. The molecule has 1 aromatic carbocycles. The van der Waals surface area contributed by atoms with Crippen LogP contribution in [-0.2, 0) is 9.53 Å². The SMILES string of the molecule is COC(=O)c1ccccc1NC(=O)N1CCN(C(C)=O)CC1. The Hall–Kier alpha value is -2.57. The first-order valence-corrected chi connectivity index (χ1v) is 7.01. The van der Waals surface area contributed by atoms with Crippen LogP contribution in [0, 0.1) is 0 Å². The topological polar surface area (TPSA) is 79.0 Å². The number of esters is 1. The number of benzene rings is 1. The Labute approximate surface area is 128 Å². The molecule has 0 atom stereocenters. The number of nitrogens with zero attached hydrogens (tertiary/aromatic N) is 2. The lowest BCUT2D eigenvalue weighted by atomic mass is 10.2. The Bertz CT molecular complexity index is 580. The summed E-state index contributed by atoms with van der Waals surface area (Å²) in [5, 5.41) is 2.72. The molecular weight excluding hydrogens is 286 g/mol. The predicted octanol–water partition coefficient (Wildman–Crippen LogP) is 1.17. The van der Waals surface area contributed by atoms with E-state index < -0.39 is 5.97 Å². The van der Waals surface area contributed by atoms with Crippen LogP contribution >= 0.6 is 0 Å². The maximum Gasteiger partial charge on any atom is 0.339 e. The van der Waals surface area contributed by atoms with Gasteiger partial charge in [0, 0.05) is 33.1 Å². The number of hydrogen-bond donors (Lipinski definition) is 1. The first-order valence-electron chi connectivity index (χ1n) is 7.01. The van der Waals surface area contributed by atoms with Gasteiger partial charge in [-0.15, -0.1) is 0 Å². The van der Waals surface area contributed by atoms with Gasteiger partial charge in [0.15, 0.2) is 0 Å². The second-order valence-corrected chi connectivity index (χ2v) is 4.96. The van der Waals surface area contributed by atoms with E-state index in [4.69, 9.17) is 4.74 Å². The van der Waals surface area contributed by atoms with E-state index in [1.165, 1.54) is 14.0 Å². The van der Waals surface area contributed by atoms with E-state index in [1.807, 2.05) is 0 Å². The Morgan fingerprint density at radius 3 is 2.23 bits per heavy atom. The molecule has 0 saturated carbocycles. The van der Waals surface area contributed by atoms with Crippen LogP contribution in [0.4, 0.5) is 10.5 Å². The van der Waals surface area contributed by atoms with Crippen LogP contribution in [0.15, 0.2) is 24.3 Å². The van der Waals surface area contributed by atoms with Crippen molar-refractivity contribution in [1.82, 2.24) is 9.80 Å². The minimum Gasteiger partial charge on any atom is -0.465 e. The molecule has 3 amide bonds. The monoisotopic (exact) mass is 305 g/mol. The van der Waals surface area contributed by atoms with Gasteiger partial charge in [0.2, 0.25) is 5.91 Å². The van der Waals surface area contributed by atoms with Gasteiger partial charge in [-0.05, 0) is 12.1 Å². The molecule has 22 heavy (non-hydrogen) atoms. The minimum atomic E-state index is -0.503. The molecule has 7 nitrogen and oxygen atoms in total. The normalized spacial score (nSPS) is 14.5. The van der Waals surface area contributed by atoms with Crippen molar-refractivity contribution in [3.63, 3.8) is 0 Å². The quantitative estimate of drug-likeness (QED) is 0.832. The molecule has 0 aromatic heterocycles. The minimum absolute atomic E-state index is 0.0103. The van der Waals surface area contributed by atoms with Crippen molar-refractivity contribution in [3.8, 4) is 0 Å². The predicted molar refractivity (Wildman–Crippen MR) is 80.6 cm³/mol. The summed E-state index contributed by atoms with van der Waals surface area (Å²) >= 11 is 0. The molecule has 1 aliphatic heterocycles. The summed E-state index contributed by atoms with van der Waals surface area (Å²) in [7, 11) is 1.29. The number of rotatable bonds is 2. The smallest absolute Gasteiger partial charge is 0.339 e. The van der Waals surface area contributed by atoms with Crippen molar-refractivity contribution < 1.29 is 19.1 Å². The summed E-state index contributed by atoms with van der Waals surface area (Å²) < 4.78 is 4.70. The standard InChI is InChI=1S/C15H19N3O4/c1-11(19)17-7-9-18(10-8-17)15(21)16-13-6-4-3-5-12(13)14(20)22-2/h3-6H,7-10H2,1-2H3,(H,16,21). The number of amides is 3. The molecule has 1 heterocycles. The third kappa shape index (κ3) is 3.55. The third-order valence-corrected chi connectivity index (χ3v) is 3.59. The maximum atomic E-state index is 12.3. The zero-order valence-corrected chi connectivity index (χ0v) is 12.7. The van der Waals surface area contributed by atoms with Gasteiger partial charge in [0.1, 0.15) is 0 Å². The zero-order chi connectivity index (χ0) is 16.1. The van der Waals surface area contributed by atoms with E-state index in [0.29, 0.717) is 37.4 Å². The Balaban J connectivity index is 2.01. The van der Waals surface area contributed by atoms with Crippen molar-refractivity contribution in [2.75, 3.05) is 38.6 Å². The summed E-state index contributed by atoms with van der Waals surface area (Å²) in [5.74, 6) is -0.492. The van der Waals surface area contributed by atoms with E-state index in [0.717, 1.165) is 0 Å². The maximum absolute atomic E-state index is 12.3. The second kappa shape index (κ2) is 6.93. The molecule has 0 aliphatic carbocycles. The van der Waals surface area contributed by atoms with Crippen LogP contribution in [0.25, 0.3) is 0 Å². The fourth-order valence-corrected chi connectivity index (χ4v) is 2.30. The zero-order valence-electron chi connectivity index (χ0n) is 12.7.